The van der Waals surface area contributed by atoms with E-state index in [1.807, 2.05) is 49.4 Å². The number of sulfonamides is 1. The van der Waals surface area contributed by atoms with Crippen LogP contribution in [-0.2, 0) is 32.6 Å². The van der Waals surface area contributed by atoms with Crippen molar-refractivity contribution in [2.24, 2.45) is 0 Å². The summed E-state index contributed by atoms with van der Waals surface area (Å²) >= 11 is 12.9. The highest BCUT2D eigenvalue weighted by Crippen LogP contribution is 2.28. The number of carbonyl (C=O) groups is 2. The van der Waals surface area contributed by atoms with Crippen molar-refractivity contribution in [2.75, 3.05) is 24.2 Å². The van der Waals surface area contributed by atoms with Gasteiger partial charge < -0.3 is 10.2 Å². The number of halogens is 2. The lowest BCUT2D eigenvalue weighted by atomic mass is 10.0. The Bertz CT molecular complexity index is 1360. The number of nitrogens with one attached hydrogen (secondary N) is 1. The second-order valence-corrected chi connectivity index (χ2v) is 12.0. The zero-order valence-corrected chi connectivity index (χ0v) is 24.6. The normalized spacial score (nSPS) is 12.0. The lowest BCUT2D eigenvalue weighted by Crippen LogP contribution is -2.50. The summed E-state index contributed by atoms with van der Waals surface area (Å²) in [5.74, 6) is -0.638. The molecule has 3 aromatic carbocycles. The first-order valence-electron chi connectivity index (χ1n) is 12.5. The quantitative estimate of drug-likeness (QED) is 0.313. The Morgan fingerprint density at radius 3 is 2.10 bits per heavy atom. The van der Waals surface area contributed by atoms with E-state index in [2.05, 4.69) is 5.32 Å². The minimum absolute atomic E-state index is 0.0161. The smallest absolute Gasteiger partial charge is 0.242 e. The van der Waals surface area contributed by atoms with Crippen LogP contribution in [0.25, 0.3) is 0 Å². The van der Waals surface area contributed by atoms with Crippen LogP contribution in [-0.4, -0.2) is 51.0 Å². The second-order valence-electron chi connectivity index (χ2n) is 9.32. The zero-order valence-electron chi connectivity index (χ0n) is 22.2. The molecule has 39 heavy (non-hydrogen) atoms. The molecule has 10 heteroatoms. The Kier molecular flexibility index (Phi) is 10.8. The first kappa shape index (κ1) is 30.5. The highest BCUT2D eigenvalue weighted by Gasteiger charge is 2.31. The average Bonchev–Trinajstić information content (AvgIpc) is 2.90. The number of anilines is 1. The molecule has 1 N–H and O–H groups in total. The van der Waals surface area contributed by atoms with E-state index in [-0.39, 0.29) is 44.2 Å². The number of aryl methyl sites for hydroxylation is 1. The van der Waals surface area contributed by atoms with Gasteiger partial charge in [-0.05, 0) is 43.2 Å². The van der Waals surface area contributed by atoms with Gasteiger partial charge in [0.1, 0.15) is 6.04 Å². The third kappa shape index (κ3) is 8.46. The molecule has 2 amide bonds. The molecule has 0 spiro atoms. The van der Waals surface area contributed by atoms with E-state index < -0.39 is 16.1 Å². The summed E-state index contributed by atoms with van der Waals surface area (Å²) in [6.07, 6.45) is 1.69. The molecule has 0 radical (unpaired) electrons. The number of hydrogen-bond acceptors (Lipinski definition) is 4. The van der Waals surface area contributed by atoms with Crippen LogP contribution in [0.1, 0.15) is 29.5 Å². The van der Waals surface area contributed by atoms with Crippen LogP contribution in [0.15, 0.2) is 72.8 Å². The van der Waals surface area contributed by atoms with E-state index in [4.69, 9.17) is 23.2 Å². The van der Waals surface area contributed by atoms with Crippen LogP contribution < -0.4 is 9.62 Å². The topological polar surface area (TPSA) is 86.8 Å². The first-order valence-corrected chi connectivity index (χ1v) is 15.1. The molecule has 1 atom stereocenters. The third-order valence-corrected chi connectivity index (χ3v) is 8.28. The van der Waals surface area contributed by atoms with Crippen LogP contribution in [0.3, 0.4) is 0 Å². The summed E-state index contributed by atoms with van der Waals surface area (Å²) in [4.78, 5) is 28.3. The molecular formula is C29H33Cl2N3O4S. The van der Waals surface area contributed by atoms with Gasteiger partial charge in [0.05, 0.1) is 11.9 Å². The van der Waals surface area contributed by atoms with E-state index in [1.165, 1.54) is 16.3 Å². The van der Waals surface area contributed by atoms with Gasteiger partial charge >= 0.3 is 0 Å². The van der Waals surface area contributed by atoms with Gasteiger partial charge in [-0.1, -0.05) is 77.3 Å². The van der Waals surface area contributed by atoms with Crippen molar-refractivity contribution < 1.29 is 18.0 Å². The first-order chi connectivity index (χ1) is 18.5. The van der Waals surface area contributed by atoms with Gasteiger partial charge in [-0.2, -0.15) is 0 Å². The Labute approximate surface area is 240 Å². The molecule has 0 bridgehead atoms. The maximum absolute atomic E-state index is 13.7. The summed E-state index contributed by atoms with van der Waals surface area (Å²) in [5.41, 5.74) is 2.96. The van der Waals surface area contributed by atoms with E-state index in [0.29, 0.717) is 21.3 Å². The zero-order chi connectivity index (χ0) is 28.6. The Hall–Kier alpha value is -3.07. The molecular weight excluding hydrogens is 557 g/mol. The fraction of sp³-hybridized carbons (Fsp3) is 0.310. The molecule has 0 aliphatic rings. The molecule has 0 saturated carbocycles. The number of benzene rings is 3. The molecule has 3 aromatic rings. The summed E-state index contributed by atoms with van der Waals surface area (Å²) in [6.45, 7) is 2.05. The molecule has 1 unspecified atom stereocenters. The number of hydrogen-bond donors (Lipinski definition) is 1. The fourth-order valence-electron chi connectivity index (χ4n) is 4.29. The number of likely N-dealkylation sites (N-methyl/N-ethyl adjacent to an activating group) is 1. The van der Waals surface area contributed by atoms with Gasteiger partial charge in [-0.25, -0.2) is 8.42 Å². The standard InChI is InChI=1S/C29H33Cl2N3O4S/c1-21-14-16-23(17-15-21)34(39(3,37)38)18-8-13-28(35)33(20-24-25(30)11-7-12-26(24)31)27(29(36)32-2)19-22-9-5-4-6-10-22/h4-7,9-12,14-17,27H,8,13,18-20H2,1-3H3,(H,32,36). The highest BCUT2D eigenvalue weighted by molar-refractivity contribution is 7.92. The minimum atomic E-state index is -3.57. The Morgan fingerprint density at radius 2 is 1.54 bits per heavy atom. The summed E-state index contributed by atoms with van der Waals surface area (Å²) in [5, 5.41) is 3.44. The lowest BCUT2D eigenvalue weighted by molar-refractivity contribution is -0.141. The van der Waals surface area contributed by atoms with Crippen molar-refractivity contribution in [1.29, 1.82) is 0 Å². The van der Waals surface area contributed by atoms with Crippen molar-refractivity contribution in [2.45, 2.75) is 38.8 Å². The van der Waals surface area contributed by atoms with Crippen LogP contribution >= 0.6 is 23.2 Å². The highest BCUT2D eigenvalue weighted by atomic mass is 35.5. The summed E-state index contributed by atoms with van der Waals surface area (Å²) in [7, 11) is -2.05. The molecule has 7 nitrogen and oxygen atoms in total. The van der Waals surface area contributed by atoms with Crippen molar-refractivity contribution in [3.8, 4) is 0 Å². The van der Waals surface area contributed by atoms with Gasteiger partial charge in [-0.3, -0.25) is 13.9 Å². The van der Waals surface area contributed by atoms with Crippen molar-refractivity contribution in [1.82, 2.24) is 10.2 Å². The van der Waals surface area contributed by atoms with Crippen LogP contribution in [0.5, 0.6) is 0 Å². The van der Waals surface area contributed by atoms with E-state index in [0.717, 1.165) is 17.4 Å². The molecule has 3 rings (SSSR count). The second kappa shape index (κ2) is 13.8. The van der Waals surface area contributed by atoms with Crippen LogP contribution in [0.4, 0.5) is 5.69 Å². The maximum Gasteiger partial charge on any atom is 0.242 e. The number of rotatable bonds is 12. The lowest BCUT2D eigenvalue weighted by Gasteiger charge is -2.32. The number of amides is 2. The monoisotopic (exact) mass is 589 g/mol. The minimum Gasteiger partial charge on any atom is -0.357 e. The molecule has 0 aliphatic carbocycles. The maximum atomic E-state index is 13.7. The van der Waals surface area contributed by atoms with Gasteiger partial charge in [0, 0.05) is 48.6 Å². The third-order valence-electron chi connectivity index (χ3n) is 6.38. The van der Waals surface area contributed by atoms with E-state index in [1.54, 1.807) is 30.3 Å². The van der Waals surface area contributed by atoms with E-state index >= 15 is 0 Å². The van der Waals surface area contributed by atoms with Crippen molar-refractivity contribution in [3.63, 3.8) is 0 Å². The molecule has 0 aliphatic heterocycles. The van der Waals surface area contributed by atoms with Crippen molar-refractivity contribution in [3.05, 3.63) is 99.5 Å². The van der Waals surface area contributed by atoms with Gasteiger partial charge in [0.15, 0.2) is 0 Å². The molecule has 208 valence electrons. The predicted molar refractivity (Wildman–Crippen MR) is 158 cm³/mol. The summed E-state index contributed by atoms with van der Waals surface area (Å²) < 4.78 is 26.3. The van der Waals surface area contributed by atoms with Gasteiger partial charge in [-0.15, -0.1) is 0 Å². The fourth-order valence-corrected chi connectivity index (χ4v) is 5.77. The molecule has 0 heterocycles. The molecule has 0 aromatic heterocycles. The van der Waals surface area contributed by atoms with E-state index in [9.17, 15) is 18.0 Å². The number of carbonyl (C=O) groups excluding carboxylic acids is 2. The molecule has 0 fully saturated rings. The largest absolute Gasteiger partial charge is 0.357 e. The molecule has 0 saturated heterocycles. The summed E-state index contributed by atoms with van der Waals surface area (Å²) in [6, 6.07) is 20.8. The van der Waals surface area contributed by atoms with Crippen LogP contribution in [0.2, 0.25) is 10.0 Å². The van der Waals surface area contributed by atoms with Gasteiger partial charge in [0.2, 0.25) is 21.8 Å². The van der Waals surface area contributed by atoms with Gasteiger partial charge in [0.25, 0.3) is 0 Å². The average molecular weight is 591 g/mol. The Balaban J connectivity index is 1.88. The van der Waals surface area contributed by atoms with Crippen LogP contribution in [0, 0.1) is 6.92 Å². The van der Waals surface area contributed by atoms with Crippen molar-refractivity contribution >= 4 is 50.7 Å². The SMILES string of the molecule is CNC(=O)C(Cc1ccccc1)N(Cc1c(Cl)cccc1Cl)C(=O)CCCN(c1ccc(C)cc1)S(C)(=O)=O. The predicted octanol–water partition coefficient (Wildman–Crippen LogP) is 5.23. The number of nitrogens with zero attached hydrogens (tertiary/aromatic N) is 2. The Morgan fingerprint density at radius 1 is 0.923 bits per heavy atom.